The van der Waals surface area contributed by atoms with Gasteiger partial charge in [-0.2, -0.15) is 17.4 Å². The van der Waals surface area contributed by atoms with Crippen molar-refractivity contribution in [3.8, 4) is 0 Å². The van der Waals surface area contributed by atoms with Crippen LogP contribution >= 0.6 is 0 Å². The largest absolute Gasteiger partial charge is 0.353 e. The second-order valence-corrected chi connectivity index (χ2v) is 7.34. The van der Waals surface area contributed by atoms with Crippen molar-refractivity contribution in [2.24, 2.45) is 0 Å². The van der Waals surface area contributed by atoms with Crippen LogP contribution in [0.2, 0.25) is 0 Å². The highest BCUT2D eigenvalue weighted by Gasteiger charge is 2.45. The van der Waals surface area contributed by atoms with E-state index in [1.54, 1.807) is 34.6 Å². The van der Waals surface area contributed by atoms with Crippen LogP contribution in [0.5, 0.6) is 0 Å². The molecular formula is C10H21N3O3S. The zero-order valence-electron chi connectivity index (χ0n) is 11.0. The van der Waals surface area contributed by atoms with Crippen LogP contribution in [0.15, 0.2) is 0 Å². The number of nitrogens with zero attached hydrogens (tertiary/aromatic N) is 1. The van der Waals surface area contributed by atoms with Crippen LogP contribution in [-0.2, 0) is 15.0 Å². The summed E-state index contributed by atoms with van der Waals surface area (Å²) in [7, 11) is -3.66. The molecule has 0 radical (unpaired) electrons. The Morgan fingerprint density at radius 1 is 1.35 bits per heavy atom. The fourth-order valence-corrected chi connectivity index (χ4v) is 3.64. The second-order valence-electron chi connectivity index (χ2n) is 5.74. The van der Waals surface area contributed by atoms with Gasteiger partial charge in [-0.05, 0) is 34.6 Å². The molecule has 6 nitrogen and oxygen atoms in total. The van der Waals surface area contributed by atoms with Crippen molar-refractivity contribution in [3.05, 3.63) is 0 Å². The number of carbonyl (C=O) groups excluding carboxylic acids is 1. The normalized spacial score (nSPS) is 22.3. The molecule has 1 aliphatic rings. The highest BCUT2D eigenvalue weighted by molar-refractivity contribution is 7.87. The lowest BCUT2D eigenvalue weighted by Gasteiger charge is -2.41. The summed E-state index contributed by atoms with van der Waals surface area (Å²) in [6, 6.07) is 0. The van der Waals surface area contributed by atoms with Gasteiger partial charge in [0.1, 0.15) is 5.54 Å². The van der Waals surface area contributed by atoms with Gasteiger partial charge in [-0.25, -0.2) is 0 Å². The summed E-state index contributed by atoms with van der Waals surface area (Å²) in [5, 5.41) is 2.66. The third kappa shape index (κ3) is 3.17. The van der Waals surface area contributed by atoms with Crippen LogP contribution in [0.1, 0.15) is 34.6 Å². The number of hydrogen-bond donors (Lipinski definition) is 2. The minimum absolute atomic E-state index is 0.275. The van der Waals surface area contributed by atoms with Crippen LogP contribution in [0.25, 0.3) is 0 Å². The van der Waals surface area contributed by atoms with Crippen LogP contribution in [0, 0.1) is 0 Å². The summed E-state index contributed by atoms with van der Waals surface area (Å²) in [6.07, 6.45) is 0. The summed E-state index contributed by atoms with van der Waals surface area (Å²) in [5.41, 5.74) is -1.63. The Bertz CT molecular complexity index is 409. The molecular weight excluding hydrogens is 242 g/mol. The molecule has 0 aromatic carbocycles. The van der Waals surface area contributed by atoms with Gasteiger partial charge in [-0.15, -0.1) is 0 Å². The first-order chi connectivity index (χ1) is 7.47. The molecule has 7 heteroatoms. The van der Waals surface area contributed by atoms with Gasteiger partial charge >= 0.3 is 0 Å². The number of nitrogens with one attached hydrogen (secondary N) is 2. The molecule has 0 unspecified atom stereocenters. The number of piperazine rings is 1. The average molecular weight is 263 g/mol. The van der Waals surface area contributed by atoms with Crippen molar-refractivity contribution >= 4 is 16.1 Å². The predicted octanol–water partition coefficient (Wildman–Crippen LogP) is -0.170. The Kier molecular flexibility index (Phi) is 3.58. The van der Waals surface area contributed by atoms with Crippen molar-refractivity contribution < 1.29 is 13.2 Å². The third-order valence-electron chi connectivity index (χ3n) is 2.50. The van der Waals surface area contributed by atoms with E-state index in [1.165, 1.54) is 4.31 Å². The molecule has 1 amide bonds. The summed E-state index contributed by atoms with van der Waals surface area (Å²) in [5.74, 6) is -0.275. The van der Waals surface area contributed by atoms with Gasteiger partial charge in [0.2, 0.25) is 5.91 Å². The lowest BCUT2D eigenvalue weighted by Crippen LogP contribution is -2.66. The van der Waals surface area contributed by atoms with Crippen molar-refractivity contribution in [1.82, 2.24) is 14.3 Å². The van der Waals surface area contributed by atoms with Crippen LogP contribution in [0.3, 0.4) is 0 Å². The smallest absolute Gasteiger partial charge is 0.280 e. The maximum atomic E-state index is 12.2. The molecule has 0 aromatic heterocycles. The van der Waals surface area contributed by atoms with Gasteiger partial charge < -0.3 is 5.32 Å². The Balaban J connectivity index is 3.02. The molecule has 0 atom stereocenters. The zero-order chi connectivity index (χ0) is 13.5. The minimum atomic E-state index is -3.66. The van der Waals surface area contributed by atoms with Gasteiger partial charge in [0, 0.05) is 18.6 Å². The Labute approximate surface area is 103 Å². The highest BCUT2D eigenvalue weighted by atomic mass is 32.2. The van der Waals surface area contributed by atoms with Gasteiger partial charge in [-0.1, -0.05) is 0 Å². The lowest BCUT2D eigenvalue weighted by molar-refractivity contribution is -0.131. The SMILES string of the molecule is CC(C)(C)NS(=O)(=O)N1CCNC(=O)C1(C)C. The van der Waals surface area contributed by atoms with E-state index in [1.807, 2.05) is 0 Å². The Morgan fingerprint density at radius 3 is 2.35 bits per heavy atom. The molecule has 100 valence electrons. The predicted molar refractivity (Wildman–Crippen MR) is 65.6 cm³/mol. The van der Waals surface area contributed by atoms with Gasteiger partial charge in [0.05, 0.1) is 0 Å². The fourth-order valence-electron chi connectivity index (χ4n) is 1.74. The maximum absolute atomic E-state index is 12.2. The molecule has 1 fully saturated rings. The molecule has 1 rings (SSSR count). The van der Waals surface area contributed by atoms with E-state index in [-0.39, 0.29) is 12.5 Å². The molecule has 1 aliphatic heterocycles. The summed E-state index contributed by atoms with van der Waals surface area (Å²) in [6.45, 7) is 9.12. The van der Waals surface area contributed by atoms with Crippen LogP contribution in [0.4, 0.5) is 0 Å². The molecule has 2 N–H and O–H groups in total. The number of hydrogen-bond acceptors (Lipinski definition) is 3. The van der Waals surface area contributed by atoms with Gasteiger partial charge in [0.15, 0.2) is 0 Å². The molecule has 1 heterocycles. The van der Waals surface area contributed by atoms with E-state index in [0.29, 0.717) is 6.54 Å². The molecule has 0 aromatic rings. The third-order valence-corrected chi connectivity index (χ3v) is 4.59. The van der Waals surface area contributed by atoms with Crippen molar-refractivity contribution in [1.29, 1.82) is 0 Å². The topological polar surface area (TPSA) is 78.5 Å². The van der Waals surface area contributed by atoms with E-state index < -0.39 is 21.3 Å². The minimum Gasteiger partial charge on any atom is -0.353 e. The Morgan fingerprint density at radius 2 is 1.88 bits per heavy atom. The first kappa shape index (κ1) is 14.4. The van der Waals surface area contributed by atoms with Crippen LogP contribution in [-0.4, -0.2) is 42.8 Å². The maximum Gasteiger partial charge on any atom is 0.280 e. The molecule has 0 bridgehead atoms. The summed E-state index contributed by atoms with van der Waals surface area (Å²) < 4.78 is 28.2. The van der Waals surface area contributed by atoms with E-state index in [9.17, 15) is 13.2 Å². The standard InChI is InChI=1S/C10H21N3O3S/c1-9(2,3)12-17(15,16)13-7-6-11-8(14)10(13,4)5/h12H,6-7H2,1-5H3,(H,11,14). The molecule has 0 aliphatic carbocycles. The van der Waals surface area contributed by atoms with E-state index >= 15 is 0 Å². The average Bonchev–Trinajstić information content (AvgIpc) is 2.04. The first-order valence-corrected chi connectivity index (χ1v) is 7.01. The number of amides is 1. The van der Waals surface area contributed by atoms with E-state index in [2.05, 4.69) is 10.0 Å². The van der Waals surface area contributed by atoms with Crippen LogP contribution < -0.4 is 10.0 Å². The van der Waals surface area contributed by atoms with Crippen molar-refractivity contribution in [2.45, 2.75) is 45.7 Å². The summed E-state index contributed by atoms with van der Waals surface area (Å²) >= 11 is 0. The van der Waals surface area contributed by atoms with E-state index in [0.717, 1.165) is 0 Å². The zero-order valence-corrected chi connectivity index (χ0v) is 11.8. The summed E-state index contributed by atoms with van der Waals surface area (Å²) in [4.78, 5) is 11.7. The Hall–Kier alpha value is -0.660. The molecule has 0 saturated carbocycles. The molecule has 0 spiro atoms. The van der Waals surface area contributed by atoms with Crippen molar-refractivity contribution in [3.63, 3.8) is 0 Å². The fraction of sp³-hybridized carbons (Fsp3) is 0.900. The highest BCUT2D eigenvalue weighted by Crippen LogP contribution is 2.21. The second kappa shape index (κ2) is 4.22. The number of rotatable bonds is 2. The van der Waals surface area contributed by atoms with E-state index in [4.69, 9.17) is 0 Å². The first-order valence-electron chi connectivity index (χ1n) is 5.57. The van der Waals surface area contributed by atoms with Gasteiger partial charge in [-0.3, -0.25) is 4.79 Å². The monoisotopic (exact) mass is 263 g/mol. The quantitative estimate of drug-likeness (QED) is 0.726. The number of carbonyl (C=O) groups is 1. The van der Waals surface area contributed by atoms with Crippen molar-refractivity contribution in [2.75, 3.05) is 13.1 Å². The molecule has 17 heavy (non-hydrogen) atoms. The van der Waals surface area contributed by atoms with Gasteiger partial charge in [0.25, 0.3) is 10.2 Å². The molecule has 1 saturated heterocycles. The lowest BCUT2D eigenvalue weighted by atomic mass is 10.0.